The van der Waals surface area contributed by atoms with Crippen molar-refractivity contribution < 1.29 is 4.74 Å². The lowest BCUT2D eigenvalue weighted by Crippen LogP contribution is -2.17. The zero-order valence-electron chi connectivity index (χ0n) is 9.31. The lowest BCUT2D eigenvalue weighted by atomic mass is 10.1. The van der Waals surface area contributed by atoms with E-state index in [9.17, 15) is 4.79 Å². The van der Waals surface area contributed by atoms with Crippen molar-refractivity contribution in [2.24, 2.45) is 7.05 Å². The van der Waals surface area contributed by atoms with E-state index in [-0.39, 0.29) is 5.56 Å². The third-order valence-corrected chi connectivity index (χ3v) is 2.54. The van der Waals surface area contributed by atoms with Crippen LogP contribution < -0.4 is 10.3 Å². The lowest BCUT2D eigenvalue weighted by Gasteiger charge is -2.08. The second kappa shape index (κ2) is 4.23. The van der Waals surface area contributed by atoms with Gasteiger partial charge in [-0.3, -0.25) is 9.36 Å². The third kappa shape index (κ3) is 1.84. The number of ether oxygens (including phenoxy) is 1. The van der Waals surface area contributed by atoms with Crippen LogP contribution in [0.2, 0.25) is 0 Å². The van der Waals surface area contributed by atoms with Gasteiger partial charge in [-0.05, 0) is 11.1 Å². The van der Waals surface area contributed by atoms with E-state index in [0.29, 0.717) is 5.88 Å². The highest BCUT2D eigenvalue weighted by Crippen LogP contribution is 2.20. The molecule has 0 saturated carbocycles. The summed E-state index contributed by atoms with van der Waals surface area (Å²) in [5.41, 5.74) is 1.82. The molecule has 1 aromatic heterocycles. The Kier molecular flexibility index (Phi) is 2.77. The molecule has 0 fully saturated rings. The van der Waals surface area contributed by atoms with Gasteiger partial charge in [-0.1, -0.05) is 30.3 Å². The van der Waals surface area contributed by atoms with Crippen LogP contribution in [0.25, 0.3) is 11.1 Å². The summed E-state index contributed by atoms with van der Waals surface area (Å²) in [6.45, 7) is 0. The van der Waals surface area contributed by atoms with Crippen LogP contribution >= 0.6 is 0 Å². The summed E-state index contributed by atoms with van der Waals surface area (Å²) >= 11 is 0. The molecule has 0 atom stereocenters. The summed E-state index contributed by atoms with van der Waals surface area (Å²) in [6, 6.07) is 13.2. The van der Waals surface area contributed by atoms with Crippen LogP contribution in [0.1, 0.15) is 0 Å². The van der Waals surface area contributed by atoms with Gasteiger partial charge in [-0.15, -0.1) is 0 Å². The quantitative estimate of drug-likeness (QED) is 0.767. The first kappa shape index (κ1) is 10.5. The average Bonchev–Trinajstić information content (AvgIpc) is 2.33. The summed E-state index contributed by atoms with van der Waals surface area (Å²) < 4.78 is 6.63. The molecule has 2 rings (SSSR count). The standard InChI is InChI=1S/C13H13NO2/c1-14-12(15)8-11(9-13(14)16-2)10-6-4-3-5-7-10/h3-9H,1-2H3. The minimum absolute atomic E-state index is 0.0711. The summed E-state index contributed by atoms with van der Waals surface area (Å²) in [5, 5.41) is 0. The minimum atomic E-state index is -0.0711. The molecular formula is C13H13NO2. The Morgan fingerprint density at radius 2 is 1.75 bits per heavy atom. The molecule has 3 heteroatoms. The van der Waals surface area contributed by atoms with Gasteiger partial charge in [0, 0.05) is 19.2 Å². The van der Waals surface area contributed by atoms with Gasteiger partial charge in [-0.25, -0.2) is 0 Å². The molecule has 0 aliphatic carbocycles. The predicted octanol–water partition coefficient (Wildman–Crippen LogP) is 2.06. The van der Waals surface area contributed by atoms with E-state index in [1.165, 1.54) is 4.57 Å². The Morgan fingerprint density at radius 3 is 2.38 bits per heavy atom. The molecule has 1 heterocycles. The van der Waals surface area contributed by atoms with Crippen LogP contribution in [0.15, 0.2) is 47.3 Å². The van der Waals surface area contributed by atoms with Gasteiger partial charge in [-0.2, -0.15) is 0 Å². The van der Waals surface area contributed by atoms with Gasteiger partial charge in [0.1, 0.15) is 0 Å². The Bertz CT molecular complexity index is 544. The van der Waals surface area contributed by atoms with Crippen molar-refractivity contribution in [1.29, 1.82) is 0 Å². The highest BCUT2D eigenvalue weighted by atomic mass is 16.5. The van der Waals surface area contributed by atoms with Crippen molar-refractivity contribution in [1.82, 2.24) is 4.57 Å². The smallest absolute Gasteiger partial charge is 0.253 e. The van der Waals surface area contributed by atoms with Crippen molar-refractivity contribution >= 4 is 0 Å². The molecule has 0 unspecified atom stereocenters. The molecule has 0 saturated heterocycles. The minimum Gasteiger partial charge on any atom is -0.482 e. The van der Waals surface area contributed by atoms with E-state index in [1.807, 2.05) is 36.4 Å². The number of aromatic nitrogens is 1. The largest absolute Gasteiger partial charge is 0.482 e. The molecule has 0 N–H and O–H groups in total. The molecule has 0 amide bonds. The highest BCUT2D eigenvalue weighted by Gasteiger charge is 2.04. The maximum atomic E-state index is 11.7. The molecule has 3 nitrogen and oxygen atoms in total. The molecule has 0 radical (unpaired) electrons. The number of pyridine rings is 1. The fourth-order valence-corrected chi connectivity index (χ4v) is 1.60. The lowest BCUT2D eigenvalue weighted by molar-refractivity contribution is 0.376. The molecule has 1 aromatic carbocycles. The number of benzene rings is 1. The van der Waals surface area contributed by atoms with Crippen molar-refractivity contribution in [3.8, 4) is 17.0 Å². The monoisotopic (exact) mass is 215 g/mol. The second-order valence-electron chi connectivity index (χ2n) is 3.55. The summed E-state index contributed by atoms with van der Waals surface area (Å²) in [5.74, 6) is 0.561. The first-order chi connectivity index (χ1) is 7.72. The Labute approximate surface area is 93.9 Å². The van der Waals surface area contributed by atoms with E-state index in [2.05, 4.69) is 0 Å². The van der Waals surface area contributed by atoms with E-state index in [1.54, 1.807) is 20.2 Å². The maximum absolute atomic E-state index is 11.7. The fraction of sp³-hybridized carbons (Fsp3) is 0.154. The zero-order chi connectivity index (χ0) is 11.5. The van der Waals surface area contributed by atoms with E-state index in [4.69, 9.17) is 4.74 Å². The number of hydrogen-bond donors (Lipinski definition) is 0. The Hall–Kier alpha value is -2.03. The molecule has 0 bridgehead atoms. The first-order valence-electron chi connectivity index (χ1n) is 5.03. The Balaban J connectivity index is 2.60. The highest BCUT2D eigenvalue weighted by molar-refractivity contribution is 5.63. The van der Waals surface area contributed by atoms with Crippen LogP contribution in [-0.4, -0.2) is 11.7 Å². The maximum Gasteiger partial charge on any atom is 0.253 e. The van der Waals surface area contributed by atoms with Gasteiger partial charge < -0.3 is 4.74 Å². The number of rotatable bonds is 2. The van der Waals surface area contributed by atoms with Crippen LogP contribution in [0.4, 0.5) is 0 Å². The van der Waals surface area contributed by atoms with Gasteiger partial charge >= 0.3 is 0 Å². The van der Waals surface area contributed by atoms with E-state index in [0.717, 1.165) is 11.1 Å². The van der Waals surface area contributed by atoms with Crippen molar-refractivity contribution in [3.63, 3.8) is 0 Å². The van der Waals surface area contributed by atoms with Gasteiger partial charge in [0.2, 0.25) is 0 Å². The predicted molar refractivity (Wildman–Crippen MR) is 63.7 cm³/mol. The molecular weight excluding hydrogens is 202 g/mol. The van der Waals surface area contributed by atoms with Crippen molar-refractivity contribution in [2.45, 2.75) is 0 Å². The number of hydrogen-bond acceptors (Lipinski definition) is 2. The molecule has 2 aromatic rings. The summed E-state index contributed by atoms with van der Waals surface area (Å²) in [6.07, 6.45) is 0. The summed E-state index contributed by atoms with van der Waals surface area (Å²) in [7, 11) is 3.25. The van der Waals surface area contributed by atoms with Crippen LogP contribution in [-0.2, 0) is 7.05 Å². The fourth-order valence-electron chi connectivity index (χ4n) is 1.60. The zero-order valence-corrected chi connectivity index (χ0v) is 9.31. The molecule has 16 heavy (non-hydrogen) atoms. The van der Waals surface area contributed by atoms with Crippen molar-refractivity contribution in [3.05, 3.63) is 52.8 Å². The third-order valence-electron chi connectivity index (χ3n) is 2.54. The molecule has 0 aliphatic rings. The van der Waals surface area contributed by atoms with Crippen LogP contribution in [0.5, 0.6) is 5.88 Å². The molecule has 0 aliphatic heterocycles. The van der Waals surface area contributed by atoms with E-state index < -0.39 is 0 Å². The first-order valence-corrected chi connectivity index (χ1v) is 5.03. The second-order valence-corrected chi connectivity index (χ2v) is 3.55. The van der Waals surface area contributed by atoms with Crippen LogP contribution in [0, 0.1) is 0 Å². The normalized spacial score (nSPS) is 10.1. The Morgan fingerprint density at radius 1 is 1.06 bits per heavy atom. The topological polar surface area (TPSA) is 31.2 Å². The van der Waals surface area contributed by atoms with E-state index >= 15 is 0 Å². The van der Waals surface area contributed by atoms with Gasteiger partial charge in [0.25, 0.3) is 5.56 Å². The van der Waals surface area contributed by atoms with Gasteiger partial charge in [0.15, 0.2) is 5.88 Å². The SMILES string of the molecule is COc1cc(-c2ccccc2)cc(=O)n1C. The average molecular weight is 215 g/mol. The summed E-state index contributed by atoms with van der Waals surface area (Å²) in [4.78, 5) is 11.7. The van der Waals surface area contributed by atoms with Gasteiger partial charge in [0.05, 0.1) is 7.11 Å². The van der Waals surface area contributed by atoms with Crippen LogP contribution in [0.3, 0.4) is 0 Å². The number of methoxy groups -OCH3 is 1. The number of nitrogens with zero attached hydrogens (tertiary/aromatic N) is 1. The molecule has 82 valence electrons. The molecule has 0 spiro atoms. The van der Waals surface area contributed by atoms with Crippen molar-refractivity contribution in [2.75, 3.05) is 7.11 Å².